The second-order valence-corrected chi connectivity index (χ2v) is 5.54. The third-order valence-electron chi connectivity index (χ3n) is 3.54. The van der Waals surface area contributed by atoms with Gasteiger partial charge in [-0.1, -0.05) is 30.3 Å². The Labute approximate surface area is 125 Å². The minimum atomic E-state index is -0.298. The molecular weight excluding hydrogens is 268 g/mol. The van der Waals surface area contributed by atoms with Gasteiger partial charge in [0.05, 0.1) is 13.1 Å². The monoisotopic (exact) mass is 290 g/mol. The lowest BCUT2D eigenvalue weighted by molar-refractivity contribution is -0.121. The fourth-order valence-electron chi connectivity index (χ4n) is 2.29. The maximum absolute atomic E-state index is 11.8. The Hall–Kier alpha value is -2.04. The van der Waals surface area contributed by atoms with E-state index in [0.29, 0.717) is 19.5 Å². The molecule has 5 nitrogen and oxygen atoms in total. The summed E-state index contributed by atoms with van der Waals surface area (Å²) in [5, 5.41) is 2.83. The molecule has 0 spiro atoms. The molecule has 1 aliphatic heterocycles. The van der Waals surface area contributed by atoms with Crippen LogP contribution in [0.3, 0.4) is 0 Å². The van der Waals surface area contributed by atoms with Gasteiger partial charge in [-0.25, -0.2) is 4.79 Å². The van der Waals surface area contributed by atoms with Crippen LogP contribution in [0.5, 0.6) is 0 Å². The van der Waals surface area contributed by atoms with Crippen LogP contribution < -0.4 is 5.32 Å². The first-order valence-corrected chi connectivity index (χ1v) is 7.34. The van der Waals surface area contributed by atoms with Crippen LogP contribution in [0.15, 0.2) is 30.3 Å². The Kier molecular flexibility index (Phi) is 5.20. The van der Waals surface area contributed by atoms with Crippen molar-refractivity contribution in [3.05, 3.63) is 35.9 Å². The maximum Gasteiger partial charge on any atom is 0.410 e. The average molecular weight is 290 g/mol. The molecule has 1 N–H and O–H groups in total. The molecule has 0 bridgehead atoms. The van der Waals surface area contributed by atoms with Crippen molar-refractivity contribution in [1.29, 1.82) is 0 Å². The largest absolute Gasteiger partial charge is 0.442 e. The number of nitrogens with zero attached hydrogens (tertiary/aromatic N) is 1. The third kappa shape index (κ3) is 4.48. The first kappa shape index (κ1) is 15.4. The third-order valence-corrected chi connectivity index (χ3v) is 3.54. The number of hydrogen-bond donors (Lipinski definition) is 1. The summed E-state index contributed by atoms with van der Waals surface area (Å²) in [6, 6.07) is 10.0. The average Bonchev–Trinajstić information content (AvgIpc) is 2.85. The van der Waals surface area contributed by atoms with Crippen molar-refractivity contribution >= 4 is 12.0 Å². The molecular formula is C16H22N2O3. The van der Waals surface area contributed by atoms with Crippen molar-refractivity contribution in [2.75, 3.05) is 13.1 Å². The zero-order valence-corrected chi connectivity index (χ0v) is 12.5. The second-order valence-electron chi connectivity index (χ2n) is 5.54. The fourth-order valence-corrected chi connectivity index (χ4v) is 2.29. The Bertz CT molecular complexity index is 488. The Morgan fingerprint density at radius 3 is 2.71 bits per heavy atom. The Morgan fingerprint density at radius 2 is 2.10 bits per heavy atom. The summed E-state index contributed by atoms with van der Waals surface area (Å²) in [5.74, 6) is -0.0158. The summed E-state index contributed by atoms with van der Waals surface area (Å²) >= 11 is 0. The molecule has 1 aliphatic rings. The molecule has 1 fully saturated rings. The highest BCUT2D eigenvalue weighted by molar-refractivity contribution is 5.76. The smallest absolute Gasteiger partial charge is 0.410 e. The molecule has 114 valence electrons. The summed E-state index contributed by atoms with van der Waals surface area (Å²) in [6.45, 7) is 4.81. The lowest BCUT2D eigenvalue weighted by Gasteiger charge is -2.16. The van der Waals surface area contributed by atoms with Crippen LogP contribution in [0.25, 0.3) is 0 Å². The number of hydrogen-bond acceptors (Lipinski definition) is 3. The first-order valence-electron chi connectivity index (χ1n) is 7.34. The zero-order chi connectivity index (χ0) is 15.2. The quantitative estimate of drug-likeness (QED) is 0.871. The minimum Gasteiger partial charge on any atom is -0.442 e. The van der Waals surface area contributed by atoms with Crippen molar-refractivity contribution in [2.45, 2.75) is 38.8 Å². The fraction of sp³-hybridized carbons (Fsp3) is 0.500. The molecule has 0 aromatic heterocycles. The van der Waals surface area contributed by atoms with E-state index in [-0.39, 0.29) is 24.1 Å². The van der Waals surface area contributed by atoms with E-state index in [2.05, 4.69) is 5.32 Å². The predicted octanol–water partition coefficient (Wildman–Crippen LogP) is 1.96. The van der Waals surface area contributed by atoms with Gasteiger partial charge in [0.25, 0.3) is 0 Å². The summed E-state index contributed by atoms with van der Waals surface area (Å²) in [5.41, 5.74) is 1.14. The predicted molar refractivity (Wildman–Crippen MR) is 79.9 cm³/mol. The number of aryl methyl sites for hydroxylation is 1. The zero-order valence-electron chi connectivity index (χ0n) is 12.5. The summed E-state index contributed by atoms with van der Waals surface area (Å²) in [4.78, 5) is 25.0. The van der Waals surface area contributed by atoms with Gasteiger partial charge in [-0.15, -0.1) is 0 Å². The van der Waals surface area contributed by atoms with Gasteiger partial charge in [-0.3, -0.25) is 4.79 Å². The lowest BCUT2D eigenvalue weighted by Crippen LogP contribution is -2.36. The van der Waals surface area contributed by atoms with Gasteiger partial charge in [0, 0.05) is 12.5 Å². The van der Waals surface area contributed by atoms with Crippen molar-refractivity contribution in [2.24, 2.45) is 0 Å². The van der Waals surface area contributed by atoms with E-state index in [0.717, 1.165) is 12.0 Å². The van der Waals surface area contributed by atoms with Crippen LogP contribution in [-0.4, -0.2) is 42.1 Å². The summed E-state index contributed by atoms with van der Waals surface area (Å²) < 4.78 is 5.22. The van der Waals surface area contributed by atoms with Crippen LogP contribution in [-0.2, 0) is 16.0 Å². The van der Waals surface area contributed by atoms with Gasteiger partial charge < -0.3 is 15.0 Å². The van der Waals surface area contributed by atoms with Gasteiger partial charge in [0.15, 0.2) is 0 Å². The SMILES string of the molecule is CC(C)N1CC(CNC(=O)CCc2ccccc2)OC1=O. The standard InChI is InChI=1S/C16H22N2O3/c1-12(2)18-11-14(21-16(18)20)10-17-15(19)9-8-13-6-4-3-5-7-13/h3-7,12,14H,8-11H2,1-2H3,(H,17,19). The van der Waals surface area contributed by atoms with Gasteiger partial charge >= 0.3 is 6.09 Å². The topological polar surface area (TPSA) is 58.6 Å². The molecule has 5 heteroatoms. The highest BCUT2D eigenvalue weighted by atomic mass is 16.6. The Morgan fingerprint density at radius 1 is 1.38 bits per heavy atom. The van der Waals surface area contributed by atoms with Crippen LogP contribution in [0.2, 0.25) is 0 Å². The molecule has 0 radical (unpaired) electrons. The molecule has 0 saturated carbocycles. The first-order chi connectivity index (χ1) is 10.1. The van der Waals surface area contributed by atoms with Crippen molar-refractivity contribution in [3.63, 3.8) is 0 Å². The van der Waals surface area contributed by atoms with Crippen molar-refractivity contribution < 1.29 is 14.3 Å². The van der Waals surface area contributed by atoms with Crippen LogP contribution in [0.4, 0.5) is 4.79 Å². The number of carbonyl (C=O) groups is 2. The summed E-state index contributed by atoms with van der Waals surface area (Å²) in [7, 11) is 0. The number of cyclic esters (lactones) is 1. The molecule has 21 heavy (non-hydrogen) atoms. The van der Waals surface area contributed by atoms with Crippen LogP contribution in [0.1, 0.15) is 25.8 Å². The number of benzene rings is 1. The van der Waals surface area contributed by atoms with Gasteiger partial charge in [-0.2, -0.15) is 0 Å². The number of ether oxygens (including phenoxy) is 1. The van der Waals surface area contributed by atoms with E-state index >= 15 is 0 Å². The molecule has 1 aromatic rings. The second kappa shape index (κ2) is 7.11. The highest BCUT2D eigenvalue weighted by Crippen LogP contribution is 2.13. The minimum absolute atomic E-state index is 0.0158. The number of rotatable bonds is 6. The molecule has 1 saturated heterocycles. The molecule has 2 rings (SSSR count). The lowest BCUT2D eigenvalue weighted by atomic mass is 10.1. The summed E-state index contributed by atoms with van der Waals surface area (Å²) in [6.07, 6.45) is 0.613. The van der Waals surface area contributed by atoms with E-state index in [1.807, 2.05) is 44.2 Å². The molecule has 1 atom stereocenters. The van der Waals surface area contributed by atoms with Gasteiger partial charge in [0.2, 0.25) is 5.91 Å². The molecule has 1 heterocycles. The molecule has 1 unspecified atom stereocenters. The number of nitrogens with one attached hydrogen (secondary N) is 1. The van der Waals surface area contributed by atoms with E-state index in [9.17, 15) is 9.59 Å². The van der Waals surface area contributed by atoms with Gasteiger partial charge in [-0.05, 0) is 25.8 Å². The van der Waals surface area contributed by atoms with Gasteiger partial charge in [0.1, 0.15) is 6.10 Å². The molecule has 2 amide bonds. The molecule has 0 aliphatic carbocycles. The van der Waals surface area contributed by atoms with Crippen molar-refractivity contribution in [1.82, 2.24) is 10.2 Å². The normalized spacial score (nSPS) is 18.0. The van der Waals surface area contributed by atoms with E-state index in [1.54, 1.807) is 4.90 Å². The van der Waals surface area contributed by atoms with Crippen LogP contribution in [0, 0.1) is 0 Å². The number of carbonyl (C=O) groups excluding carboxylic acids is 2. The molecule has 1 aromatic carbocycles. The van der Waals surface area contributed by atoms with E-state index in [1.165, 1.54) is 0 Å². The van der Waals surface area contributed by atoms with Crippen molar-refractivity contribution in [3.8, 4) is 0 Å². The van der Waals surface area contributed by atoms with Crippen LogP contribution >= 0.6 is 0 Å². The number of amides is 2. The highest BCUT2D eigenvalue weighted by Gasteiger charge is 2.32. The Balaban J connectivity index is 1.69. The van der Waals surface area contributed by atoms with E-state index < -0.39 is 0 Å². The maximum atomic E-state index is 11.8. The van der Waals surface area contributed by atoms with E-state index in [4.69, 9.17) is 4.74 Å².